The highest BCUT2D eigenvalue weighted by molar-refractivity contribution is 6.30. The molecule has 50 heavy (non-hydrogen) atoms. The second-order valence-corrected chi connectivity index (χ2v) is 14.6. The number of hydrogen-bond donors (Lipinski definition) is 2. The number of nitrogens with zero attached hydrogens (tertiary/aromatic N) is 1. The van der Waals surface area contributed by atoms with Crippen LogP contribution in [-0.4, -0.2) is 21.8 Å². The van der Waals surface area contributed by atoms with Crippen molar-refractivity contribution in [2.24, 2.45) is 0 Å². The van der Waals surface area contributed by atoms with Crippen LogP contribution in [0.25, 0.3) is 16.9 Å². The summed E-state index contributed by atoms with van der Waals surface area (Å²) in [5.74, 6) is 1.06. The van der Waals surface area contributed by atoms with Crippen molar-refractivity contribution in [3.63, 3.8) is 0 Å². The van der Waals surface area contributed by atoms with Crippen molar-refractivity contribution >= 4 is 34.8 Å². The molecule has 262 valence electrons. The molecule has 0 radical (unpaired) electrons. The molecule has 0 aliphatic heterocycles. The van der Waals surface area contributed by atoms with Gasteiger partial charge in [-0.25, -0.2) is 4.68 Å². The third-order valence-corrected chi connectivity index (χ3v) is 10.1. The van der Waals surface area contributed by atoms with Gasteiger partial charge in [0, 0.05) is 26.9 Å². The summed E-state index contributed by atoms with van der Waals surface area (Å²) >= 11 is 12.2. The minimum atomic E-state index is -0.702. The number of hydrogen-bond acceptors (Lipinski definition) is 4. The molecule has 4 aromatic carbocycles. The van der Waals surface area contributed by atoms with Gasteiger partial charge in [0.15, 0.2) is 6.10 Å². The average Bonchev–Trinajstić information content (AvgIpc) is 3.43. The van der Waals surface area contributed by atoms with Crippen LogP contribution in [0.15, 0.2) is 95.8 Å². The molecule has 1 aromatic heterocycles. The number of aromatic amines is 1. The van der Waals surface area contributed by atoms with E-state index in [0.717, 1.165) is 29.7 Å². The molecular weight excluding hydrogens is 669 g/mol. The second-order valence-electron chi connectivity index (χ2n) is 13.8. The molecule has 5 rings (SSSR count). The largest absolute Gasteiger partial charge is 0.480 e. The van der Waals surface area contributed by atoms with Crippen LogP contribution in [0.2, 0.25) is 10.0 Å². The van der Waals surface area contributed by atoms with E-state index in [1.807, 2.05) is 25.1 Å². The van der Waals surface area contributed by atoms with Gasteiger partial charge in [0.05, 0.1) is 5.69 Å². The molecule has 2 N–H and O–H groups in total. The predicted molar refractivity (Wildman–Crippen MR) is 205 cm³/mol. The van der Waals surface area contributed by atoms with Crippen LogP contribution in [0.3, 0.4) is 0 Å². The maximum Gasteiger partial charge on any atom is 0.314 e. The zero-order valence-electron chi connectivity index (χ0n) is 29.7. The summed E-state index contributed by atoms with van der Waals surface area (Å²) in [6.07, 6.45) is 1.72. The number of aromatic nitrogens is 2. The Morgan fingerprint density at radius 3 is 2.00 bits per heavy atom. The van der Waals surface area contributed by atoms with Crippen LogP contribution < -0.4 is 20.3 Å². The Balaban J connectivity index is 1.39. The zero-order valence-corrected chi connectivity index (χ0v) is 31.2. The molecule has 1 heterocycles. The number of halogens is 2. The number of amides is 1. The number of rotatable bonds is 13. The van der Waals surface area contributed by atoms with Gasteiger partial charge in [-0.1, -0.05) is 95.9 Å². The highest BCUT2D eigenvalue weighted by Gasteiger charge is 2.29. The standard InChI is InChI=1S/C41H45Cl2N3O4/c1-8-34(50-35-24-13-27(40(4,5)9-2)25-33(35)41(6,7)10-3)38(47)44-30-18-20-31(21-19-30)46-39(48)37(49-32-22-16-29(43)17-23-32)36(45-46)26-11-14-28(42)15-12-26/h11-25,34,45H,8-10H2,1-7H3,(H,44,47). The smallest absolute Gasteiger partial charge is 0.314 e. The number of H-pyrrole nitrogens is 1. The highest BCUT2D eigenvalue weighted by Crippen LogP contribution is 2.39. The SMILES string of the molecule is CCC(Oc1ccc(C(C)(C)CC)cc1C(C)(C)CC)C(=O)Nc1ccc(-n2[nH]c(-c3ccc(Cl)cc3)c(Oc3ccc(Cl)cc3)c2=O)cc1. The molecule has 0 bridgehead atoms. The molecule has 0 saturated carbocycles. The molecule has 0 saturated heterocycles. The van der Waals surface area contributed by atoms with Gasteiger partial charge in [0.1, 0.15) is 17.2 Å². The van der Waals surface area contributed by atoms with E-state index in [9.17, 15) is 9.59 Å². The Hall–Kier alpha value is -4.46. The van der Waals surface area contributed by atoms with Gasteiger partial charge in [-0.15, -0.1) is 0 Å². The first-order valence-corrected chi connectivity index (χ1v) is 17.8. The van der Waals surface area contributed by atoms with Crippen LogP contribution >= 0.6 is 23.2 Å². The normalized spacial score (nSPS) is 12.4. The Labute approximate surface area is 304 Å². The van der Waals surface area contributed by atoms with Crippen molar-refractivity contribution in [3.05, 3.63) is 123 Å². The third-order valence-electron chi connectivity index (χ3n) is 9.60. The lowest BCUT2D eigenvalue weighted by Gasteiger charge is -2.31. The van der Waals surface area contributed by atoms with Crippen LogP contribution in [0.5, 0.6) is 17.2 Å². The van der Waals surface area contributed by atoms with E-state index in [-0.39, 0.29) is 28.0 Å². The van der Waals surface area contributed by atoms with Crippen molar-refractivity contribution in [2.75, 3.05) is 5.32 Å². The quantitative estimate of drug-likeness (QED) is 0.127. The van der Waals surface area contributed by atoms with Crippen molar-refractivity contribution in [1.29, 1.82) is 0 Å². The van der Waals surface area contributed by atoms with Gasteiger partial charge in [0.25, 0.3) is 5.91 Å². The highest BCUT2D eigenvalue weighted by atomic mass is 35.5. The van der Waals surface area contributed by atoms with Gasteiger partial charge in [-0.05, 0) is 102 Å². The lowest BCUT2D eigenvalue weighted by molar-refractivity contribution is -0.122. The molecule has 0 fully saturated rings. The van der Waals surface area contributed by atoms with Crippen molar-refractivity contribution in [2.45, 2.75) is 84.7 Å². The lowest BCUT2D eigenvalue weighted by atomic mass is 9.76. The summed E-state index contributed by atoms with van der Waals surface area (Å²) in [6.45, 7) is 15.2. The zero-order chi connectivity index (χ0) is 36.2. The monoisotopic (exact) mass is 713 g/mol. The Morgan fingerprint density at radius 2 is 1.42 bits per heavy atom. The maximum atomic E-state index is 13.7. The second kappa shape index (κ2) is 15.2. The first-order chi connectivity index (χ1) is 23.8. The lowest BCUT2D eigenvalue weighted by Crippen LogP contribution is -2.33. The fourth-order valence-electron chi connectivity index (χ4n) is 5.50. The summed E-state index contributed by atoms with van der Waals surface area (Å²) in [5, 5.41) is 7.32. The van der Waals surface area contributed by atoms with E-state index in [4.69, 9.17) is 32.7 Å². The van der Waals surface area contributed by atoms with Gasteiger partial charge < -0.3 is 14.8 Å². The number of carbonyl (C=O) groups is 1. The molecule has 1 amide bonds. The maximum absolute atomic E-state index is 13.7. The number of anilines is 1. The topological polar surface area (TPSA) is 85.3 Å². The number of nitrogens with one attached hydrogen (secondary N) is 2. The van der Waals surface area contributed by atoms with Gasteiger partial charge in [-0.3, -0.25) is 14.7 Å². The molecule has 5 aromatic rings. The molecule has 0 aliphatic carbocycles. The van der Waals surface area contributed by atoms with Crippen molar-refractivity contribution in [1.82, 2.24) is 9.78 Å². The fraction of sp³-hybridized carbons (Fsp3) is 0.317. The molecule has 0 spiro atoms. The Bertz CT molecular complexity index is 1990. The van der Waals surface area contributed by atoms with Gasteiger partial charge in [-0.2, -0.15) is 0 Å². The van der Waals surface area contributed by atoms with E-state index in [1.54, 1.807) is 60.7 Å². The van der Waals surface area contributed by atoms with E-state index < -0.39 is 6.10 Å². The summed E-state index contributed by atoms with van der Waals surface area (Å²) < 4.78 is 13.9. The Kier molecular flexibility index (Phi) is 11.2. The van der Waals surface area contributed by atoms with Crippen LogP contribution in [0.1, 0.15) is 78.9 Å². The number of ether oxygens (including phenoxy) is 2. The van der Waals surface area contributed by atoms with Gasteiger partial charge >= 0.3 is 5.56 Å². The average molecular weight is 715 g/mol. The minimum absolute atomic E-state index is 0.0266. The van der Waals surface area contributed by atoms with Crippen LogP contribution in [-0.2, 0) is 15.6 Å². The molecule has 7 nitrogen and oxygen atoms in total. The summed E-state index contributed by atoms with van der Waals surface area (Å²) in [5.41, 5.74) is 4.19. The molecular formula is C41H45Cl2N3O4. The molecule has 1 atom stereocenters. The predicted octanol–water partition coefficient (Wildman–Crippen LogP) is 11.1. The van der Waals surface area contributed by atoms with Gasteiger partial charge in [0.2, 0.25) is 5.75 Å². The minimum Gasteiger partial charge on any atom is -0.480 e. The Morgan fingerprint density at radius 1 is 0.820 bits per heavy atom. The number of benzene rings is 4. The molecule has 9 heteroatoms. The molecule has 0 aliphatic rings. The van der Waals surface area contributed by atoms with Crippen molar-refractivity contribution < 1.29 is 14.3 Å². The summed E-state index contributed by atoms with van der Waals surface area (Å²) in [6, 6.07) is 27.3. The summed E-state index contributed by atoms with van der Waals surface area (Å²) in [4.78, 5) is 27.3. The van der Waals surface area contributed by atoms with E-state index in [0.29, 0.717) is 39.3 Å². The third kappa shape index (κ3) is 8.11. The first kappa shape index (κ1) is 36.8. The van der Waals surface area contributed by atoms with E-state index >= 15 is 0 Å². The van der Waals surface area contributed by atoms with E-state index in [2.05, 4.69) is 64.1 Å². The van der Waals surface area contributed by atoms with Crippen molar-refractivity contribution in [3.8, 4) is 34.2 Å². The first-order valence-electron chi connectivity index (χ1n) is 17.0. The number of carbonyl (C=O) groups excluding carboxylic acids is 1. The fourth-order valence-corrected chi connectivity index (χ4v) is 5.75. The summed E-state index contributed by atoms with van der Waals surface area (Å²) in [7, 11) is 0. The molecule has 1 unspecified atom stereocenters. The van der Waals surface area contributed by atoms with Crippen LogP contribution in [0.4, 0.5) is 5.69 Å². The van der Waals surface area contributed by atoms with Crippen LogP contribution in [0, 0.1) is 0 Å². The van der Waals surface area contributed by atoms with E-state index in [1.165, 1.54) is 10.2 Å².